The molecule has 0 atom stereocenters. The molecular formula is C50H42BBrCl4F4N8O4. The van der Waals surface area contributed by atoms with Gasteiger partial charge in [0.1, 0.15) is 35.9 Å². The molecule has 0 saturated heterocycles. The summed E-state index contributed by atoms with van der Waals surface area (Å²) in [5.41, 5.74) is 4.78. The first-order chi connectivity index (χ1) is 34.1. The maximum Gasteiger partial charge on any atom is 0.490 e. The van der Waals surface area contributed by atoms with Crippen molar-refractivity contribution in [3.63, 3.8) is 0 Å². The van der Waals surface area contributed by atoms with Crippen molar-refractivity contribution in [3.8, 4) is 11.1 Å². The molecule has 8 aromatic rings. The van der Waals surface area contributed by atoms with Crippen LogP contribution in [0.4, 0.5) is 17.6 Å². The van der Waals surface area contributed by atoms with Gasteiger partial charge < -0.3 is 19.8 Å². The second kappa shape index (κ2) is 25.0. The first-order valence-electron chi connectivity index (χ1n) is 21.4. The molecule has 2 aromatic heterocycles. The average molecular weight is 1130 g/mol. The molecule has 0 saturated carbocycles. The largest absolute Gasteiger partial charge is 0.490 e. The molecule has 22 heteroatoms. The predicted octanol–water partition coefficient (Wildman–Crippen LogP) is 10.9. The lowest BCUT2D eigenvalue weighted by Gasteiger charge is -2.23. The summed E-state index contributed by atoms with van der Waals surface area (Å²) in [5, 5.41) is 27.6. The fourth-order valence-electron chi connectivity index (χ4n) is 6.92. The molecule has 0 bridgehead atoms. The van der Waals surface area contributed by atoms with Crippen molar-refractivity contribution in [2.24, 2.45) is 14.1 Å². The van der Waals surface area contributed by atoms with E-state index in [4.69, 9.17) is 56.5 Å². The number of nitrogens with zero attached hydrogens (tertiary/aromatic N) is 8. The summed E-state index contributed by atoms with van der Waals surface area (Å²) in [6, 6.07) is 26.7. The highest BCUT2D eigenvalue weighted by Gasteiger charge is 2.23. The van der Waals surface area contributed by atoms with E-state index in [1.807, 2.05) is 26.0 Å². The Bertz CT molecular complexity index is 3240. The van der Waals surface area contributed by atoms with Crippen LogP contribution in [-0.2, 0) is 40.3 Å². The summed E-state index contributed by atoms with van der Waals surface area (Å²) in [6.07, 6.45) is 3.04. The smallest absolute Gasteiger partial charge is 0.423 e. The van der Waals surface area contributed by atoms with Gasteiger partial charge in [0, 0.05) is 97.2 Å². The molecule has 0 spiro atoms. The van der Waals surface area contributed by atoms with Gasteiger partial charge in [0.2, 0.25) is 0 Å². The number of hydrogen-bond donors (Lipinski definition) is 2. The molecule has 12 nitrogen and oxygen atoms in total. The Morgan fingerprint density at radius 3 is 1.50 bits per heavy atom. The Morgan fingerprint density at radius 1 is 0.583 bits per heavy atom. The van der Waals surface area contributed by atoms with E-state index in [1.54, 1.807) is 62.6 Å². The number of rotatable bonds is 12. The molecule has 0 fully saturated rings. The Hall–Kier alpha value is -6.12. The first-order valence-corrected chi connectivity index (χ1v) is 23.7. The first kappa shape index (κ1) is 55.2. The van der Waals surface area contributed by atoms with Crippen LogP contribution in [0.5, 0.6) is 0 Å². The van der Waals surface area contributed by atoms with Gasteiger partial charge in [-0.25, -0.2) is 27.5 Å². The van der Waals surface area contributed by atoms with Gasteiger partial charge in [0.05, 0.1) is 13.1 Å². The quantitative estimate of drug-likeness (QED) is 0.0910. The van der Waals surface area contributed by atoms with Crippen LogP contribution in [0.25, 0.3) is 11.1 Å². The minimum absolute atomic E-state index is 0.0330. The zero-order chi connectivity index (χ0) is 52.4. The molecule has 0 aliphatic heterocycles. The van der Waals surface area contributed by atoms with E-state index in [0.29, 0.717) is 48.4 Å². The number of amides is 2. The molecule has 0 aliphatic carbocycles. The van der Waals surface area contributed by atoms with Crippen molar-refractivity contribution in [2.75, 3.05) is 0 Å². The number of aromatic nitrogens is 6. The molecular weight excluding hydrogens is 1090 g/mol. The van der Waals surface area contributed by atoms with Gasteiger partial charge in [0.15, 0.2) is 11.6 Å². The number of hydrogen-bond acceptors (Lipinski definition) is 8. The van der Waals surface area contributed by atoms with Crippen LogP contribution in [-0.4, -0.2) is 68.3 Å². The lowest BCUT2D eigenvalue weighted by Crippen LogP contribution is -2.31. The number of aryl methyl sites for hydroxylation is 4. The molecule has 2 N–H and O–H groups in total. The van der Waals surface area contributed by atoms with Crippen molar-refractivity contribution in [1.82, 2.24) is 39.3 Å². The lowest BCUT2D eigenvalue weighted by molar-refractivity contribution is 0.0717. The van der Waals surface area contributed by atoms with Crippen molar-refractivity contribution in [2.45, 2.75) is 40.0 Å². The summed E-state index contributed by atoms with van der Waals surface area (Å²) in [6.45, 7) is 3.84. The zero-order valence-corrected chi connectivity index (χ0v) is 43.3. The fraction of sp³-hybridized carbons (Fsp3) is 0.160. The summed E-state index contributed by atoms with van der Waals surface area (Å²) in [5.74, 6) is -2.63. The van der Waals surface area contributed by atoms with Gasteiger partial charge in [-0.05, 0) is 103 Å². The van der Waals surface area contributed by atoms with Gasteiger partial charge in [-0.3, -0.25) is 19.0 Å². The van der Waals surface area contributed by atoms with E-state index in [0.717, 1.165) is 39.4 Å². The highest BCUT2D eigenvalue weighted by atomic mass is 79.9. The van der Waals surface area contributed by atoms with Gasteiger partial charge in [0.25, 0.3) is 11.8 Å². The topological polar surface area (TPSA) is 142 Å². The molecule has 0 unspecified atom stereocenters. The Balaban J connectivity index is 0.000000198. The van der Waals surface area contributed by atoms with E-state index in [-0.39, 0.29) is 54.6 Å². The highest BCUT2D eigenvalue weighted by Crippen LogP contribution is 2.34. The third-order valence-corrected chi connectivity index (χ3v) is 12.6. The number of carbonyl (C=O) groups is 2. The van der Waals surface area contributed by atoms with E-state index >= 15 is 0 Å². The normalized spacial score (nSPS) is 10.8. The Labute approximate surface area is 440 Å². The van der Waals surface area contributed by atoms with Gasteiger partial charge in [-0.1, -0.05) is 86.6 Å². The fourth-order valence-corrected chi connectivity index (χ4v) is 8.08. The molecule has 0 radical (unpaired) electrons. The third kappa shape index (κ3) is 15.0. The minimum Gasteiger partial charge on any atom is -0.423 e. The lowest BCUT2D eigenvalue weighted by atomic mass is 9.80. The second-order valence-electron chi connectivity index (χ2n) is 16.1. The Morgan fingerprint density at radius 2 is 1.06 bits per heavy atom. The maximum absolute atomic E-state index is 14.4. The van der Waals surface area contributed by atoms with Crippen LogP contribution in [0.2, 0.25) is 20.1 Å². The van der Waals surface area contributed by atoms with Gasteiger partial charge in [-0.2, -0.15) is 10.2 Å². The minimum atomic E-state index is -1.57. The van der Waals surface area contributed by atoms with E-state index in [9.17, 15) is 27.2 Å². The zero-order valence-electron chi connectivity index (χ0n) is 38.6. The van der Waals surface area contributed by atoms with Crippen LogP contribution >= 0.6 is 62.3 Å². The highest BCUT2D eigenvalue weighted by molar-refractivity contribution is 9.10. The van der Waals surface area contributed by atoms with Gasteiger partial charge in [-0.15, -0.1) is 0 Å². The molecule has 2 amide bonds. The SMILES string of the molecule is Cc1ccc(C(=O)N(Cc2ncn(C)n2)Cc2ccc(F)cc2F)cc1-c1cc(Cl)ccc1Cl.Cc1ccc(C(=O)N(Cc2ncn(C)n2)Cc2ccc(F)cc2F)cc1Br.OB(O)c1cc(Cl)ccc1Cl. The van der Waals surface area contributed by atoms with Crippen LogP contribution in [0.1, 0.15) is 54.6 Å². The van der Waals surface area contributed by atoms with Crippen LogP contribution < -0.4 is 5.46 Å². The van der Waals surface area contributed by atoms with Crippen LogP contribution in [0, 0.1) is 37.1 Å². The second-order valence-corrected chi connectivity index (χ2v) is 18.7. The van der Waals surface area contributed by atoms with Crippen LogP contribution in [0.15, 0.2) is 126 Å². The summed E-state index contributed by atoms with van der Waals surface area (Å²) in [7, 11) is 1.86. The van der Waals surface area contributed by atoms with Crippen molar-refractivity contribution >= 4 is 86.7 Å². The van der Waals surface area contributed by atoms with Crippen molar-refractivity contribution < 1.29 is 37.2 Å². The third-order valence-electron chi connectivity index (χ3n) is 10.6. The summed E-state index contributed by atoms with van der Waals surface area (Å²) >= 11 is 27.2. The van der Waals surface area contributed by atoms with Crippen molar-refractivity contribution in [1.29, 1.82) is 0 Å². The summed E-state index contributed by atoms with van der Waals surface area (Å²) in [4.78, 5) is 37.8. The monoisotopic (exact) mass is 1120 g/mol. The van der Waals surface area contributed by atoms with Crippen LogP contribution in [0.3, 0.4) is 0 Å². The molecule has 8 rings (SSSR count). The molecule has 6 aromatic carbocycles. The predicted molar refractivity (Wildman–Crippen MR) is 274 cm³/mol. The summed E-state index contributed by atoms with van der Waals surface area (Å²) < 4.78 is 59.0. The number of benzene rings is 6. The van der Waals surface area contributed by atoms with E-state index in [2.05, 4.69) is 36.1 Å². The molecule has 2 heterocycles. The molecule has 0 aliphatic rings. The maximum atomic E-state index is 14.4. The standard InChI is InChI=1S/C25H20Cl2F2N4O.C19H17BrF2N4O.C6H5BCl2O2/c1-15-3-4-16(9-20(15)21-10-18(26)6-8-22(21)27)25(34)33(13-24-30-14-32(2)31-24)12-17-5-7-19(28)11-23(17)29;1-12-3-4-13(7-16(12)20)19(27)26(10-18-23-11-25(2)24-18)9-14-5-6-15(21)8-17(14)22;8-4-1-2-6(9)5(3-4)7(10)11/h3-11,14H,12-13H2,1-2H3;3-8,11H,9-10H2,1-2H3;1-3,10-11H. The molecule has 372 valence electrons. The van der Waals surface area contributed by atoms with Gasteiger partial charge >= 0.3 is 7.12 Å². The number of carbonyl (C=O) groups excluding carboxylic acids is 2. The average Bonchev–Trinajstić information content (AvgIpc) is 3.95. The number of halogens is 9. The molecule has 72 heavy (non-hydrogen) atoms. The van der Waals surface area contributed by atoms with E-state index in [1.165, 1.54) is 62.1 Å². The van der Waals surface area contributed by atoms with E-state index < -0.39 is 30.4 Å². The van der Waals surface area contributed by atoms with Crippen molar-refractivity contribution in [3.05, 3.63) is 215 Å². The Kier molecular flexibility index (Phi) is 19.2.